The fraction of sp³-hybridized carbons (Fsp3) is 0.833. The average molecular weight is 584 g/mol. The van der Waals surface area contributed by atoms with Gasteiger partial charge in [0.05, 0.1) is 0 Å². The van der Waals surface area contributed by atoms with E-state index < -0.39 is 7.25 Å². The van der Waals surface area contributed by atoms with Crippen LogP contribution in [0.3, 0.4) is 0 Å². The summed E-state index contributed by atoms with van der Waals surface area (Å²) < 4.78 is 39.0. The van der Waals surface area contributed by atoms with E-state index in [0.29, 0.717) is 10.3 Å². The van der Waals surface area contributed by atoms with Crippen molar-refractivity contribution >= 4 is 23.1 Å². The van der Waals surface area contributed by atoms with Crippen molar-refractivity contribution in [2.45, 2.75) is 115 Å². The molecule has 8 heteroatoms. The van der Waals surface area contributed by atoms with Gasteiger partial charge in [-0.05, 0) is 85.3 Å². The van der Waals surface area contributed by atoms with Crippen LogP contribution in [0.2, 0.25) is 0 Å². The zero-order valence-electron chi connectivity index (χ0n) is 20.9. The van der Waals surface area contributed by atoms with Crippen molar-refractivity contribution in [3.05, 3.63) is 24.3 Å². The number of rotatable bonds is 1. The standard InChI is InChI=1S/C16H32P2.C8H12.BF4.Rh/c1-15(2,3)17-11-7-9-13(17)14-10-8-12-18(14)16(4,5)6;1-2-4-6-8-7-5-3-1;2-1(3,4)5;/h13-14H,7-12H2,1-6H3;1-2,7-8H,3-6H2;;/q;;-1;/b;2-1-,8-7-;;/t13-,14-,17-,18+;;;/m1.../s1. The van der Waals surface area contributed by atoms with Crippen molar-refractivity contribution in [1.29, 1.82) is 0 Å². The maximum Gasteiger partial charge on any atom is 0.673 e. The molecule has 0 aromatic carbocycles. The van der Waals surface area contributed by atoms with Crippen LogP contribution in [0.1, 0.15) is 92.9 Å². The Balaban J connectivity index is 0.000000570. The molecule has 2 saturated heterocycles. The maximum atomic E-state index is 9.75. The van der Waals surface area contributed by atoms with Gasteiger partial charge in [-0.25, -0.2) is 0 Å². The Morgan fingerprint density at radius 1 is 0.625 bits per heavy atom. The Kier molecular flexibility index (Phi) is 15.3. The van der Waals surface area contributed by atoms with E-state index in [9.17, 15) is 17.3 Å². The first kappa shape index (κ1) is 32.7. The third-order valence-electron chi connectivity index (χ3n) is 6.10. The summed E-state index contributed by atoms with van der Waals surface area (Å²) >= 11 is 0. The molecule has 2 aliphatic heterocycles. The second-order valence-corrected chi connectivity index (χ2v) is 17.5. The van der Waals surface area contributed by atoms with Gasteiger partial charge in [-0.3, -0.25) is 0 Å². The first-order valence-corrected chi connectivity index (χ1v) is 15.1. The molecule has 3 aliphatic rings. The zero-order valence-corrected chi connectivity index (χ0v) is 24.3. The van der Waals surface area contributed by atoms with E-state index in [0.717, 1.165) is 11.3 Å². The van der Waals surface area contributed by atoms with Gasteiger partial charge in [0.15, 0.2) is 0 Å². The van der Waals surface area contributed by atoms with E-state index in [2.05, 4.69) is 65.8 Å². The Bertz CT molecular complexity index is 506. The van der Waals surface area contributed by atoms with Crippen molar-refractivity contribution in [1.82, 2.24) is 0 Å². The third-order valence-corrected chi connectivity index (χ3v) is 14.2. The van der Waals surface area contributed by atoms with Crippen LogP contribution < -0.4 is 0 Å². The fourth-order valence-corrected chi connectivity index (χ4v) is 13.0. The number of halogens is 4. The Labute approximate surface area is 210 Å². The maximum absolute atomic E-state index is 9.75. The van der Waals surface area contributed by atoms with Crippen molar-refractivity contribution in [3.63, 3.8) is 0 Å². The molecule has 0 saturated carbocycles. The molecule has 0 aromatic heterocycles. The summed E-state index contributed by atoms with van der Waals surface area (Å²) in [6, 6.07) is 0. The summed E-state index contributed by atoms with van der Waals surface area (Å²) in [4.78, 5) is 0. The van der Waals surface area contributed by atoms with E-state index in [4.69, 9.17) is 0 Å². The monoisotopic (exact) mass is 584 g/mol. The molecule has 0 spiro atoms. The summed E-state index contributed by atoms with van der Waals surface area (Å²) in [5.74, 6) is 0. The molecular formula is C24H44BF4P2Rh-. The zero-order chi connectivity index (χ0) is 23.7. The van der Waals surface area contributed by atoms with Crippen molar-refractivity contribution < 1.29 is 36.7 Å². The van der Waals surface area contributed by atoms with E-state index in [1.165, 1.54) is 38.5 Å². The number of allylic oxidation sites excluding steroid dienone is 4. The topological polar surface area (TPSA) is 0 Å². The molecule has 2 fully saturated rings. The molecule has 3 rings (SSSR count). The summed E-state index contributed by atoms with van der Waals surface area (Å²) in [6.07, 6.45) is 23.3. The minimum atomic E-state index is -6.00. The van der Waals surface area contributed by atoms with Gasteiger partial charge in [-0.1, -0.05) is 81.7 Å². The number of hydrogen-bond acceptors (Lipinski definition) is 0. The predicted molar refractivity (Wildman–Crippen MR) is 136 cm³/mol. The molecule has 1 aliphatic carbocycles. The Morgan fingerprint density at radius 2 is 0.875 bits per heavy atom. The minimum Gasteiger partial charge on any atom is -0.418 e. The van der Waals surface area contributed by atoms with Crippen LogP contribution in [0.15, 0.2) is 24.3 Å². The average Bonchev–Trinajstić information content (AvgIpc) is 3.21. The Hall–Kier alpha value is 0.748. The van der Waals surface area contributed by atoms with Crippen LogP contribution in [0.25, 0.3) is 0 Å². The van der Waals surface area contributed by atoms with Crippen molar-refractivity contribution in [2.75, 3.05) is 12.3 Å². The normalized spacial score (nSPS) is 30.4. The molecule has 0 N–H and O–H groups in total. The smallest absolute Gasteiger partial charge is 0.418 e. The van der Waals surface area contributed by atoms with Gasteiger partial charge in [0.1, 0.15) is 0 Å². The molecule has 1 radical (unpaired) electrons. The van der Waals surface area contributed by atoms with E-state index in [1.807, 2.05) is 0 Å². The number of hydrogen-bond donors (Lipinski definition) is 0. The molecule has 0 bridgehead atoms. The van der Waals surface area contributed by atoms with Gasteiger partial charge in [0.25, 0.3) is 0 Å². The minimum absolute atomic E-state index is 0. The molecule has 0 unspecified atom stereocenters. The quantitative estimate of drug-likeness (QED) is 0.125. The molecule has 191 valence electrons. The second kappa shape index (κ2) is 15.0. The predicted octanol–water partition coefficient (Wildman–Crippen LogP) is 9.84. The molecule has 2 heterocycles. The van der Waals surface area contributed by atoms with Gasteiger partial charge >= 0.3 is 7.25 Å². The largest absolute Gasteiger partial charge is 0.673 e. The second-order valence-electron chi connectivity index (χ2n) is 10.7. The van der Waals surface area contributed by atoms with Crippen LogP contribution in [-0.4, -0.2) is 41.2 Å². The summed E-state index contributed by atoms with van der Waals surface area (Å²) in [7, 11) is -5.44. The van der Waals surface area contributed by atoms with Crippen molar-refractivity contribution in [3.8, 4) is 0 Å². The molecule has 0 nitrogen and oxygen atoms in total. The van der Waals surface area contributed by atoms with Crippen LogP contribution in [0.5, 0.6) is 0 Å². The molecular weight excluding hydrogens is 540 g/mol. The SMILES string of the molecule is C1=C\CC/C=C\CC/1.CC(C)(C)[P@]1CCC[C@@H]1[C@H]1CCC[P@]1C(C)(C)C.F[B-](F)(F)F.[Rh]. The summed E-state index contributed by atoms with van der Waals surface area (Å²) in [6.45, 7) is 15.0. The molecule has 0 aromatic rings. The fourth-order valence-electron chi connectivity index (χ4n) is 4.91. The van der Waals surface area contributed by atoms with E-state index >= 15 is 0 Å². The van der Waals surface area contributed by atoms with Crippen molar-refractivity contribution in [2.24, 2.45) is 0 Å². The van der Waals surface area contributed by atoms with Gasteiger partial charge < -0.3 is 17.3 Å². The molecule has 4 atom stereocenters. The van der Waals surface area contributed by atoms with E-state index in [1.54, 1.807) is 25.2 Å². The van der Waals surface area contributed by atoms with Crippen LogP contribution in [0.4, 0.5) is 17.3 Å². The Morgan fingerprint density at radius 3 is 1.09 bits per heavy atom. The van der Waals surface area contributed by atoms with Crippen LogP contribution >= 0.6 is 15.8 Å². The van der Waals surface area contributed by atoms with Gasteiger partial charge in [0, 0.05) is 19.5 Å². The van der Waals surface area contributed by atoms with Crippen LogP contribution in [-0.2, 0) is 19.5 Å². The van der Waals surface area contributed by atoms with Gasteiger partial charge in [-0.15, -0.1) is 0 Å². The van der Waals surface area contributed by atoms with Gasteiger partial charge in [-0.2, -0.15) is 0 Å². The van der Waals surface area contributed by atoms with E-state index in [-0.39, 0.29) is 35.3 Å². The van der Waals surface area contributed by atoms with Gasteiger partial charge in [0.2, 0.25) is 0 Å². The summed E-state index contributed by atoms with van der Waals surface area (Å²) in [5.41, 5.74) is 2.24. The molecule has 0 amide bonds. The first-order valence-electron chi connectivity index (χ1n) is 11.9. The molecule has 32 heavy (non-hydrogen) atoms. The van der Waals surface area contributed by atoms with Crippen LogP contribution in [0, 0.1) is 0 Å². The first-order chi connectivity index (χ1) is 14.2. The third kappa shape index (κ3) is 13.6. The summed E-state index contributed by atoms with van der Waals surface area (Å²) in [5, 5.41) is 1.19.